The summed E-state index contributed by atoms with van der Waals surface area (Å²) in [7, 11) is 1.92. The van der Waals surface area contributed by atoms with Gasteiger partial charge in [0.2, 0.25) is 0 Å². The average Bonchev–Trinajstić information content (AvgIpc) is 2.45. The molecule has 14 heavy (non-hydrogen) atoms. The van der Waals surface area contributed by atoms with Crippen molar-refractivity contribution in [2.24, 2.45) is 0 Å². The first kappa shape index (κ1) is 9.68. The predicted molar refractivity (Wildman–Crippen MR) is 59.2 cm³/mol. The van der Waals surface area contributed by atoms with Gasteiger partial charge in [0, 0.05) is 17.9 Å². The number of hydrogen-bond acceptors (Lipinski definition) is 3. The Kier molecular flexibility index (Phi) is 2.56. The topological polar surface area (TPSA) is 38.1 Å². The number of aryl methyl sites for hydroxylation is 1. The zero-order chi connectivity index (χ0) is 10.1. The fraction of sp³-hybridized carbons (Fsp3) is 0.300. The van der Waals surface area contributed by atoms with Gasteiger partial charge in [0.1, 0.15) is 5.52 Å². The minimum atomic E-state index is 0.702. The molecule has 0 radical (unpaired) electrons. The van der Waals surface area contributed by atoms with Gasteiger partial charge in [-0.25, -0.2) is 4.98 Å². The Morgan fingerprint density at radius 1 is 1.50 bits per heavy atom. The van der Waals surface area contributed by atoms with Gasteiger partial charge < -0.3 is 9.73 Å². The van der Waals surface area contributed by atoms with E-state index in [4.69, 9.17) is 4.42 Å². The second kappa shape index (κ2) is 3.71. The first-order valence-corrected chi connectivity index (χ1v) is 5.20. The summed E-state index contributed by atoms with van der Waals surface area (Å²) in [6.45, 7) is 2.67. The van der Waals surface area contributed by atoms with E-state index in [1.807, 2.05) is 26.1 Å². The summed E-state index contributed by atoms with van der Waals surface area (Å²) in [4.78, 5) is 4.28. The molecule has 1 aromatic heterocycles. The van der Waals surface area contributed by atoms with E-state index in [0.717, 1.165) is 22.1 Å². The number of hydrogen-bond donors (Lipinski definition) is 1. The predicted octanol–water partition coefficient (Wildman–Crippen LogP) is 2.62. The Morgan fingerprint density at radius 3 is 3.00 bits per heavy atom. The zero-order valence-corrected chi connectivity index (χ0v) is 9.68. The van der Waals surface area contributed by atoms with Gasteiger partial charge in [0.15, 0.2) is 11.5 Å². The Bertz CT molecular complexity index is 464. The largest absolute Gasteiger partial charge is 0.441 e. The molecular formula is C10H11BrN2O. The molecule has 0 saturated carbocycles. The van der Waals surface area contributed by atoms with Crippen molar-refractivity contribution in [3.63, 3.8) is 0 Å². The third kappa shape index (κ3) is 1.67. The summed E-state index contributed by atoms with van der Waals surface area (Å²) in [6, 6.07) is 3.99. The average molecular weight is 255 g/mol. The standard InChI is InChI=1S/C10H11BrN2O/c1-6-13-9-3-7(5-12-2)8(11)4-10(9)14-6/h3-4,12H,5H2,1-2H3. The highest BCUT2D eigenvalue weighted by molar-refractivity contribution is 9.10. The Labute approximate surface area is 90.6 Å². The smallest absolute Gasteiger partial charge is 0.192 e. The molecule has 4 heteroatoms. The maximum atomic E-state index is 5.42. The molecule has 0 atom stereocenters. The van der Waals surface area contributed by atoms with Crippen molar-refractivity contribution in [1.29, 1.82) is 0 Å². The van der Waals surface area contributed by atoms with Crippen LogP contribution in [0.2, 0.25) is 0 Å². The Hall–Kier alpha value is -0.870. The number of halogens is 1. The zero-order valence-electron chi connectivity index (χ0n) is 8.10. The molecule has 0 bridgehead atoms. The Morgan fingerprint density at radius 2 is 2.29 bits per heavy atom. The lowest BCUT2D eigenvalue weighted by Crippen LogP contribution is -2.05. The number of nitrogens with one attached hydrogen (secondary N) is 1. The molecule has 0 unspecified atom stereocenters. The fourth-order valence-electron chi connectivity index (χ4n) is 1.43. The van der Waals surface area contributed by atoms with Gasteiger partial charge in [0.25, 0.3) is 0 Å². The van der Waals surface area contributed by atoms with E-state index >= 15 is 0 Å². The van der Waals surface area contributed by atoms with E-state index in [-0.39, 0.29) is 0 Å². The fourth-order valence-corrected chi connectivity index (χ4v) is 1.90. The first-order valence-electron chi connectivity index (χ1n) is 4.41. The van der Waals surface area contributed by atoms with Gasteiger partial charge >= 0.3 is 0 Å². The van der Waals surface area contributed by atoms with Gasteiger partial charge in [-0.15, -0.1) is 0 Å². The molecule has 0 saturated heterocycles. The quantitative estimate of drug-likeness (QED) is 0.896. The lowest BCUT2D eigenvalue weighted by atomic mass is 10.2. The molecule has 0 spiro atoms. The molecule has 3 nitrogen and oxygen atoms in total. The van der Waals surface area contributed by atoms with E-state index < -0.39 is 0 Å². The highest BCUT2D eigenvalue weighted by Crippen LogP contribution is 2.24. The molecule has 0 aliphatic carbocycles. The summed E-state index contributed by atoms with van der Waals surface area (Å²) in [6.07, 6.45) is 0. The monoisotopic (exact) mass is 254 g/mol. The minimum absolute atomic E-state index is 0.702. The van der Waals surface area contributed by atoms with Crippen LogP contribution in [0.5, 0.6) is 0 Å². The maximum Gasteiger partial charge on any atom is 0.192 e. The van der Waals surface area contributed by atoms with Gasteiger partial charge in [-0.05, 0) is 24.7 Å². The van der Waals surface area contributed by atoms with Crippen molar-refractivity contribution in [1.82, 2.24) is 10.3 Å². The highest BCUT2D eigenvalue weighted by Gasteiger charge is 2.06. The van der Waals surface area contributed by atoms with Crippen LogP contribution in [0.4, 0.5) is 0 Å². The van der Waals surface area contributed by atoms with Crippen molar-refractivity contribution in [2.45, 2.75) is 13.5 Å². The number of aromatic nitrogens is 1. The third-order valence-electron chi connectivity index (χ3n) is 2.03. The SMILES string of the molecule is CNCc1cc2nc(C)oc2cc1Br. The third-order valence-corrected chi connectivity index (χ3v) is 2.77. The summed E-state index contributed by atoms with van der Waals surface area (Å²) >= 11 is 3.50. The molecule has 0 aliphatic heterocycles. The Balaban J connectivity index is 2.58. The van der Waals surface area contributed by atoms with Gasteiger partial charge in [-0.1, -0.05) is 15.9 Å². The van der Waals surface area contributed by atoms with Crippen molar-refractivity contribution in [2.75, 3.05) is 7.05 Å². The summed E-state index contributed by atoms with van der Waals surface area (Å²) in [5, 5.41) is 3.11. The minimum Gasteiger partial charge on any atom is -0.441 e. The van der Waals surface area contributed by atoms with Crippen molar-refractivity contribution < 1.29 is 4.42 Å². The van der Waals surface area contributed by atoms with Crippen LogP contribution in [-0.2, 0) is 6.54 Å². The second-order valence-corrected chi connectivity index (χ2v) is 4.03. The van der Waals surface area contributed by atoms with E-state index in [0.29, 0.717) is 5.89 Å². The van der Waals surface area contributed by atoms with Crippen LogP contribution in [0.3, 0.4) is 0 Å². The molecule has 1 N–H and O–H groups in total. The molecule has 2 aromatic rings. The lowest BCUT2D eigenvalue weighted by Gasteiger charge is -2.02. The molecule has 1 heterocycles. The number of oxazole rings is 1. The van der Waals surface area contributed by atoms with E-state index in [1.165, 1.54) is 5.56 Å². The van der Waals surface area contributed by atoms with Crippen molar-refractivity contribution in [3.8, 4) is 0 Å². The van der Waals surface area contributed by atoms with Crippen LogP contribution in [0.15, 0.2) is 21.0 Å². The molecule has 0 amide bonds. The number of benzene rings is 1. The van der Waals surface area contributed by atoms with Crippen LogP contribution in [-0.4, -0.2) is 12.0 Å². The van der Waals surface area contributed by atoms with Gasteiger partial charge in [-0.3, -0.25) is 0 Å². The lowest BCUT2D eigenvalue weighted by molar-refractivity contribution is 0.561. The van der Waals surface area contributed by atoms with Gasteiger partial charge in [-0.2, -0.15) is 0 Å². The molecule has 1 aromatic carbocycles. The van der Waals surface area contributed by atoms with Crippen molar-refractivity contribution >= 4 is 27.0 Å². The van der Waals surface area contributed by atoms with Gasteiger partial charge in [0.05, 0.1) is 0 Å². The van der Waals surface area contributed by atoms with E-state index in [9.17, 15) is 0 Å². The summed E-state index contributed by atoms with van der Waals surface area (Å²) in [5.41, 5.74) is 2.93. The number of fused-ring (bicyclic) bond motifs is 1. The number of nitrogens with zero attached hydrogens (tertiary/aromatic N) is 1. The molecule has 0 fully saturated rings. The van der Waals surface area contributed by atoms with E-state index in [2.05, 4.69) is 26.2 Å². The van der Waals surface area contributed by atoms with Crippen LogP contribution >= 0.6 is 15.9 Å². The normalized spacial score (nSPS) is 11.1. The molecule has 0 aliphatic rings. The molecular weight excluding hydrogens is 244 g/mol. The van der Waals surface area contributed by atoms with Crippen LogP contribution in [0, 0.1) is 6.92 Å². The first-order chi connectivity index (χ1) is 6.70. The van der Waals surface area contributed by atoms with Crippen LogP contribution < -0.4 is 5.32 Å². The van der Waals surface area contributed by atoms with Crippen LogP contribution in [0.1, 0.15) is 11.5 Å². The number of rotatable bonds is 2. The molecule has 74 valence electrons. The van der Waals surface area contributed by atoms with E-state index in [1.54, 1.807) is 0 Å². The highest BCUT2D eigenvalue weighted by atomic mass is 79.9. The molecule has 2 rings (SSSR count). The maximum absolute atomic E-state index is 5.42. The summed E-state index contributed by atoms with van der Waals surface area (Å²) in [5.74, 6) is 0.702. The second-order valence-electron chi connectivity index (χ2n) is 3.17. The van der Waals surface area contributed by atoms with Crippen LogP contribution in [0.25, 0.3) is 11.1 Å². The summed E-state index contributed by atoms with van der Waals surface area (Å²) < 4.78 is 6.47. The van der Waals surface area contributed by atoms with Crippen molar-refractivity contribution in [3.05, 3.63) is 28.1 Å².